The van der Waals surface area contributed by atoms with Crippen LogP contribution >= 0.6 is 11.3 Å². The Morgan fingerprint density at radius 3 is 2.72 bits per heavy atom. The molecule has 3 N–H and O–H groups in total. The number of pyridine rings is 1. The van der Waals surface area contributed by atoms with Crippen molar-refractivity contribution in [2.75, 3.05) is 18.0 Å². The Bertz CT molecular complexity index is 975. The van der Waals surface area contributed by atoms with Gasteiger partial charge in [-0.3, -0.25) is 24.7 Å². The summed E-state index contributed by atoms with van der Waals surface area (Å²) >= 11 is 1.55. The van der Waals surface area contributed by atoms with Gasteiger partial charge in [0.15, 0.2) is 0 Å². The van der Waals surface area contributed by atoms with E-state index in [0.29, 0.717) is 37.3 Å². The number of carbonyl (C=O) groups is 3. The number of likely N-dealkylation sites (tertiary alicyclic amines) is 1. The lowest BCUT2D eigenvalue weighted by Gasteiger charge is -2.24. The smallest absolute Gasteiger partial charge is 0.283 e. The second kappa shape index (κ2) is 7.88. The summed E-state index contributed by atoms with van der Waals surface area (Å²) in [5.41, 5.74) is 3.30. The van der Waals surface area contributed by atoms with E-state index in [1.54, 1.807) is 22.3 Å². The van der Waals surface area contributed by atoms with Crippen molar-refractivity contribution in [1.82, 2.24) is 20.3 Å². The number of aryl methyl sites for hydroxylation is 1. The minimum Gasteiger partial charge on any atom is -0.329 e. The minimum atomic E-state index is -0.610. The number of nitrogens with one attached hydrogen (secondary N) is 1. The van der Waals surface area contributed by atoms with Crippen LogP contribution in [0.5, 0.6) is 0 Å². The molecule has 2 fully saturated rings. The van der Waals surface area contributed by atoms with Gasteiger partial charge in [-0.05, 0) is 38.3 Å². The van der Waals surface area contributed by atoms with Gasteiger partial charge in [0.25, 0.3) is 11.8 Å². The summed E-state index contributed by atoms with van der Waals surface area (Å²) in [5.74, 6) is 4.68. The van der Waals surface area contributed by atoms with Crippen LogP contribution in [0.2, 0.25) is 0 Å². The van der Waals surface area contributed by atoms with Gasteiger partial charge in [-0.25, -0.2) is 15.8 Å². The van der Waals surface area contributed by atoms with Gasteiger partial charge in [0.2, 0.25) is 5.91 Å². The van der Waals surface area contributed by atoms with Crippen LogP contribution in [0.15, 0.2) is 17.5 Å². The molecule has 4 rings (SSSR count). The first-order valence-electron chi connectivity index (χ1n) is 9.54. The zero-order valence-electron chi connectivity index (χ0n) is 16.1. The summed E-state index contributed by atoms with van der Waals surface area (Å²) in [5, 5.41) is 2.89. The van der Waals surface area contributed by atoms with Crippen molar-refractivity contribution in [1.29, 1.82) is 0 Å². The highest BCUT2D eigenvalue weighted by atomic mass is 32.1. The predicted octanol–water partition coefficient (Wildman–Crippen LogP) is 1.55. The third-order valence-corrected chi connectivity index (χ3v) is 6.27. The molecule has 2 aliphatic rings. The Morgan fingerprint density at radius 1 is 1.24 bits per heavy atom. The molecule has 0 spiro atoms. The molecule has 0 saturated carbocycles. The van der Waals surface area contributed by atoms with E-state index in [0.717, 1.165) is 23.5 Å². The van der Waals surface area contributed by atoms with Crippen molar-refractivity contribution in [2.24, 2.45) is 5.84 Å². The minimum absolute atomic E-state index is 0.00823. The molecule has 2 aliphatic heterocycles. The second-order valence-electron chi connectivity index (χ2n) is 7.21. The molecule has 4 heterocycles. The summed E-state index contributed by atoms with van der Waals surface area (Å²) < 4.78 is 0. The predicted molar refractivity (Wildman–Crippen MR) is 107 cm³/mol. The number of anilines is 1. The number of nitrogens with two attached hydrogens (primary N) is 1. The van der Waals surface area contributed by atoms with Crippen molar-refractivity contribution in [3.05, 3.63) is 39.5 Å². The van der Waals surface area contributed by atoms with Crippen molar-refractivity contribution in [2.45, 2.75) is 38.6 Å². The molecule has 152 valence electrons. The highest BCUT2D eigenvalue weighted by molar-refractivity contribution is 7.09. The lowest BCUT2D eigenvalue weighted by Crippen LogP contribution is -2.34. The molecule has 0 aliphatic carbocycles. The van der Waals surface area contributed by atoms with Crippen LogP contribution < -0.4 is 16.2 Å². The zero-order chi connectivity index (χ0) is 20.5. The lowest BCUT2D eigenvalue weighted by atomic mass is 10.1. The first kappa shape index (κ1) is 19.5. The van der Waals surface area contributed by atoms with Crippen LogP contribution in [-0.2, 0) is 4.79 Å². The maximum absolute atomic E-state index is 13.4. The van der Waals surface area contributed by atoms with E-state index < -0.39 is 5.91 Å². The number of hydrazine groups is 1. The van der Waals surface area contributed by atoms with Crippen molar-refractivity contribution >= 4 is 34.9 Å². The van der Waals surface area contributed by atoms with E-state index in [1.807, 2.05) is 17.7 Å². The van der Waals surface area contributed by atoms with E-state index in [1.165, 1.54) is 11.0 Å². The van der Waals surface area contributed by atoms with Gasteiger partial charge < -0.3 is 4.90 Å². The summed E-state index contributed by atoms with van der Waals surface area (Å²) in [7, 11) is 0. The van der Waals surface area contributed by atoms with Crippen LogP contribution in [0.25, 0.3) is 0 Å². The fraction of sp³-hybridized carbons (Fsp3) is 0.421. The van der Waals surface area contributed by atoms with Gasteiger partial charge in [-0.1, -0.05) is 0 Å². The van der Waals surface area contributed by atoms with Crippen LogP contribution in [0.1, 0.15) is 63.3 Å². The van der Waals surface area contributed by atoms with Crippen LogP contribution in [0, 0.1) is 6.92 Å². The Morgan fingerprint density at radius 2 is 2.07 bits per heavy atom. The van der Waals surface area contributed by atoms with Crippen molar-refractivity contribution < 1.29 is 14.4 Å². The lowest BCUT2D eigenvalue weighted by molar-refractivity contribution is -0.117. The first-order chi connectivity index (χ1) is 14.0. The maximum atomic E-state index is 13.4. The Hall–Kier alpha value is -2.85. The van der Waals surface area contributed by atoms with E-state index in [-0.39, 0.29) is 23.6 Å². The van der Waals surface area contributed by atoms with Gasteiger partial charge in [0.05, 0.1) is 6.04 Å². The molecule has 0 bridgehead atoms. The monoisotopic (exact) mass is 414 g/mol. The fourth-order valence-corrected chi connectivity index (χ4v) is 4.76. The molecule has 2 saturated heterocycles. The number of thiazole rings is 1. The number of amides is 3. The highest BCUT2D eigenvalue weighted by Gasteiger charge is 2.34. The number of carbonyl (C=O) groups excluding carboxylic acids is 3. The Balaban J connectivity index is 1.69. The normalized spacial score (nSPS) is 19.1. The number of nitrogen functional groups attached to an aromatic ring is 1. The number of rotatable bonds is 4. The van der Waals surface area contributed by atoms with E-state index in [4.69, 9.17) is 5.84 Å². The number of aromatic nitrogens is 2. The van der Waals surface area contributed by atoms with Gasteiger partial charge in [0, 0.05) is 36.1 Å². The molecule has 3 amide bonds. The molecule has 2 aromatic rings. The van der Waals surface area contributed by atoms with Gasteiger partial charge >= 0.3 is 0 Å². The van der Waals surface area contributed by atoms with Gasteiger partial charge in [-0.15, -0.1) is 11.3 Å². The summed E-state index contributed by atoms with van der Waals surface area (Å²) in [4.78, 5) is 49.7. The maximum Gasteiger partial charge on any atom is 0.283 e. The molecule has 0 radical (unpaired) electrons. The largest absolute Gasteiger partial charge is 0.329 e. The molecule has 1 atom stereocenters. The number of hydrogen-bond donors (Lipinski definition) is 2. The van der Waals surface area contributed by atoms with Crippen molar-refractivity contribution in [3.8, 4) is 0 Å². The number of hydrogen-bond acceptors (Lipinski definition) is 7. The topological polar surface area (TPSA) is 122 Å². The standard InChI is InChI=1S/C19H22N6O3S/c1-11-10-29-18(21-11)14-4-2-6-24(14)19(28)12-8-13(17(27)23-20)22-15(9-12)25-7-3-5-16(25)26/h8-10,14H,2-7,20H2,1H3,(H,23,27). The number of nitrogens with zero attached hydrogens (tertiary/aromatic N) is 4. The average Bonchev–Trinajstić information content (AvgIpc) is 3.46. The quantitative estimate of drug-likeness (QED) is 0.445. The Labute approximate surface area is 171 Å². The molecule has 10 heteroatoms. The molecule has 1 unspecified atom stereocenters. The Kier molecular flexibility index (Phi) is 5.29. The zero-order valence-corrected chi connectivity index (χ0v) is 16.9. The van der Waals surface area contributed by atoms with Crippen molar-refractivity contribution in [3.63, 3.8) is 0 Å². The SMILES string of the molecule is Cc1csc(C2CCCN2C(=O)c2cc(C(=O)NN)nc(N3CCCC3=O)c2)n1. The summed E-state index contributed by atoms with van der Waals surface area (Å²) in [6, 6.07) is 2.93. The third kappa shape index (κ3) is 3.73. The molecule has 29 heavy (non-hydrogen) atoms. The molecular formula is C19H22N6O3S. The van der Waals surface area contributed by atoms with Crippen LogP contribution in [0.3, 0.4) is 0 Å². The third-order valence-electron chi connectivity index (χ3n) is 5.21. The molecule has 9 nitrogen and oxygen atoms in total. The summed E-state index contributed by atoms with van der Waals surface area (Å²) in [6.07, 6.45) is 2.87. The van der Waals surface area contributed by atoms with Gasteiger partial charge in [0.1, 0.15) is 16.5 Å². The molecule has 2 aromatic heterocycles. The van der Waals surface area contributed by atoms with Crippen LogP contribution in [0.4, 0.5) is 5.82 Å². The van der Waals surface area contributed by atoms with Crippen LogP contribution in [-0.4, -0.2) is 45.7 Å². The molecule has 0 aromatic carbocycles. The second-order valence-corrected chi connectivity index (χ2v) is 8.10. The molecular weight excluding hydrogens is 392 g/mol. The van der Waals surface area contributed by atoms with E-state index in [2.05, 4.69) is 9.97 Å². The van der Waals surface area contributed by atoms with Gasteiger partial charge in [-0.2, -0.15) is 0 Å². The van der Waals surface area contributed by atoms with E-state index in [9.17, 15) is 14.4 Å². The fourth-order valence-electron chi connectivity index (χ4n) is 3.82. The summed E-state index contributed by atoms with van der Waals surface area (Å²) in [6.45, 7) is 3.06. The average molecular weight is 414 g/mol. The van der Waals surface area contributed by atoms with E-state index >= 15 is 0 Å². The first-order valence-corrected chi connectivity index (χ1v) is 10.4. The highest BCUT2D eigenvalue weighted by Crippen LogP contribution is 2.35.